The topological polar surface area (TPSA) is 3.24 Å². The number of hydrogen-bond acceptors (Lipinski definition) is 1. The first kappa shape index (κ1) is 13.4. The first-order valence-electron chi connectivity index (χ1n) is 6.34. The van der Waals surface area contributed by atoms with Crippen LogP contribution in [0.25, 0.3) is 0 Å². The van der Waals surface area contributed by atoms with Crippen LogP contribution in [0.1, 0.15) is 31.2 Å². The Labute approximate surface area is 117 Å². The van der Waals surface area contributed by atoms with E-state index in [1.54, 1.807) is 0 Å². The third-order valence-corrected chi connectivity index (χ3v) is 4.24. The summed E-state index contributed by atoms with van der Waals surface area (Å²) in [5, 5.41) is 0. The Morgan fingerprint density at radius 3 is 2.71 bits per heavy atom. The summed E-state index contributed by atoms with van der Waals surface area (Å²) in [5.41, 5.74) is 1.40. The van der Waals surface area contributed by atoms with E-state index in [1.165, 1.54) is 31.4 Å². The summed E-state index contributed by atoms with van der Waals surface area (Å²) in [7, 11) is 0. The molecular weight excluding hydrogens is 298 g/mol. The average Bonchev–Trinajstić information content (AvgIpc) is 2.35. The minimum absolute atomic E-state index is 0.685. The van der Waals surface area contributed by atoms with Crippen molar-refractivity contribution < 1.29 is 0 Å². The standard InChI is InChI=1S/C14H19BrClN/c15-13-6-4-12(5-7-13)11-17-10-2-1-3-14(17)8-9-16/h4-7,14H,1-3,8-11H2. The van der Waals surface area contributed by atoms with Crippen LogP contribution in [0.3, 0.4) is 0 Å². The Hall–Kier alpha value is -0.0500. The lowest BCUT2D eigenvalue weighted by molar-refractivity contribution is 0.137. The van der Waals surface area contributed by atoms with Crippen molar-refractivity contribution in [2.24, 2.45) is 0 Å². The maximum Gasteiger partial charge on any atom is 0.0238 e. The van der Waals surface area contributed by atoms with Crippen LogP contribution in [0.5, 0.6) is 0 Å². The largest absolute Gasteiger partial charge is 0.296 e. The zero-order chi connectivity index (χ0) is 12.1. The zero-order valence-electron chi connectivity index (χ0n) is 10.0. The Bertz CT molecular complexity index is 337. The molecule has 0 amide bonds. The van der Waals surface area contributed by atoms with E-state index in [1.807, 2.05) is 0 Å². The smallest absolute Gasteiger partial charge is 0.0238 e. The predicted molar refractivity (Wildman–Crippen MR) is 77.5 cm³/mol. The van der Waals surface area contributed by atoms with Gasteiger partial charge in [0.15, 0.2) is 0 Å². The van der Waals surface area contributed by atoms with Crippen LogP contribution >= 0.6 is 27.5 Å². The summed E-state index contributed by atoms with van der Waals surface area (Å²) in [5.74, 6) is 0.779. The van der Waals surface area contributed by atoms with Crippen LogP contribution in [-0.2, 0) is 6.54 Å². The van der Waals surface area contributed by atoms with Crippen molar-refractivity contribution in [3.8, 4) is 0 Å². The number of benzene rings is 1. The Balaban J connectivity index is 1.97. The third kappa shape index (κ3) is 3.97. The number of halogens is 2. The molecule has 0 aliphatic carbocycles. The summed E-state index contributed by atoms with van der Waals surface area (Å²) in [6.07, 6.45) is 5.12. The van der Waals surface area contributed by atoms with Gasteiger partial charge in [0.1, 0.15) is 0 Å². The second kappa shape index (κ2) is 6.77. The maximum absolute atomic E-state index is 5.89. The van der Waals surface area contributed by atoms with Crippen molar-refractivity contribution in [3.05, 3.63) is 34.3 Å². The molecule has 1 unspecified atom stereocenters. The predicted octanol–water partition coefficient (Wildman–Crippen LogP) is 4.43. The highest BCUT2D eigenvalue weighted by Gasteiger charge is 2.21. The van der Waals surface area contributed by atoms with E-state index in [2.05, 4.69) is 45.1 Å². The molecule has 1 aliphatic heterocycles. The number of nitrogens with zero attached hydrogens (tertiary/aromatic N) is 1. The van der Waals surface area contributed by atoms with Crippen LogP contribution in [0.15, 0.2) is 28.7 Å². The van der Waals surface area contributed by atoms with E-state index in [0.717, 1.165) is 23.3 Å². The normalized spacial score (nSPS) is 21.6. The number of hydrogen-bond donors (Lipinski definition) is 0. The van der Waals surface area contributed by atoms with Crippen LogP contribution in [0.2, 0.25) is 0 Å². The fourth-order valence-corrected chi connectivity index (χ4v) is 3.06. The van der Waals surface area contributed by atoms with E-state index >= 15 is 0 Å². The quantitative estimate of drug-likeness (QED) is 0.743. The lowest BCUT2D eigenvalue weighted by Crippen LogP contribution is -2.39. The molecule has 0 aromatic heterocycles. The van der Waals surface area contributed by atoms with Gasteiger partial charge in [-0.15, -0.1) is 11.6 Å². The summed E-state index contributed by atoms with van der Waals surface area (Å²) in [6.45, 7) is 2.28. The lowest BCUT2D eigenvalue weighted by atomic mass is 9.99. The van der Waals surface area contributed by atoms with Gasteiger partial charge in [0, 0.05) is 22.9 Å². The second-order valence-electron chi connectivity index (χ2n) is 4.72. The van der Waals surface area contributed by atoms with Gasteiger partial charge in [0.25, 0.3) is 0 Å². The van der Waals surface area contributed by atoms with Crippen molar-refractivity contribution in [1.29, 1.82) is 0 Å². The molecule has 0 N–H and O–H groups in total. The zero-order valence-corrected chi connectivity index (χ0v) is 12.4. The van der Waals surface area contributed by atoms with Gasteiger partial charge >= 0.3 is 0 Å². The number of likely N-dealkylation sites (tertiary alicyclic amines) is 1. The summed E-state index contributed by atoms with van der Waals surface area (Å²) in [4.78, 5) is 2.59. The second-order valence-corrected chi connectivity index (χ2v) is 6.02. The van der Waals surface area contributed by atoms with E-state index < -0.39 is 0 Å². The summed E-state index contributed by atoms with van der Waals surface area (Å²) >= 11 is 9.37. The first-order chi connectivity index (χ1) is 8.29. The highest BCUT2D eigenvalue weighted by molar-refractivity contribution is 9.10. The van der Waals surface area contributed by atoms with Gasteiger partial charge in [0.2, 0.25) is 0 Å². The van der Waals surface area contributed by atoms with Gasteiger partial charge in [-0.25, -0.2) is 0 Å². The van der Waals surface area contributed by atoms with Crippen LogP contribution in [-0.4, -0.2) is 23.4 Å². The van der Waals surface area contributed by atoms with Crippen LogP contribution < -0.4 is 0 Å². The minimum atomic E-state index is 0.685. The molecule has 1 fully saturated rings. The molecule has 0 saturated carbocycles. The summed E-state index contributed by atoms with van der Waals surface area (Å²) in [6, 6.07) is 9.34. The molecule has 17 heavy (non-hydrogen) atoms. The van der Waals surface area contributed by atoms with Crippen molar-refractivity contribution in [2.45, 2.75) is 38.3 Å². The fraction of sp³-hybridized carbons (Fsp3) is 0.571. The Morgan fingerprint density at radius 1 is 1.24 bits per heavy atom. The fourth-order valence-electron chi connectivity index (χ4n) is 2.55. The molecule has 1 heterocycles. The number of piperidine rings is 1. The minimum Gasteiger partial charge on any atom is -0.296 e. The molecule has 0 bridgehead atoms. The molecule has 3 heteroatoms. The molecule has 2 rings (SSSR count). The molecule has 0 radical (unpaired) electrons. The molecule has 1 aromatic carbocycles. The summed E-state index contributed by atoms with van der Waals surface area (Å²) < 4.78 is 1.15. The molecule has 1 aliphatic rings. The van der Waals surface area contributed by atoms with Crippen molar-refractivity contribution in [3.63, 3.8) is 0 Å². The Morgan fingerprint density at radius 2 is 2.00 bits per heavy atom. The van der Waals surface area contributed by atoms with Gasteiger partial charge < -0.3 is 0 Å². The van der Waals surface area contributed by atoms with Crippen molar-refractivity contribution in [2.75, 3.05) is 12.4 Å². The SMILES string of the molecule is ClCCC1CCCCN1Cc1ccc(Br)cc1. The number of rotatable bonds is 4. The van der Waals surface area contributed by atoms with E-state index in [0.29, 0.717) is 6.04 Å². The van der Waals surface area contributed by atoms with E-state index in [4.69, 9.17) is 11.6 Å². The molecule has 94 valence electrons. The monoisotopic (exact) mass is 315 g/mol. The van der Waals surface area contributed by atoms with Gasteiger partial charge in [-0.2, -0.15) is 0 Å². The molecule has 1 saturated heterocycles. The molecule has 1 atom stereocenters. The average molecular weight is 317 g/mol. The van der Waals surface area contributed by atoms with E-state index in [-0.39, 0.29) is 0 Å². The first-order valence-corrected chi connectivity index (χ1v) is 7.67. The number of alkyl halides is 1. The molecule has 1 nitrogen and oxygen atoms in total. The van der Waals surface area contributed by atoms with Crippen LogP contribution in [0, 0.1) is 0 Å². The van der Waals surface area contributed by atoms with Gasteiger partial charge in [0.05, 0.1) is 0 Å². The maximum atomic E-state index is 5.89. The highest BCUT2D eigenvalue weighted by Crippen LogP contribution is 2.22. The van der Waals surface area contributed by atoms with Gasteiger partial charge in [-0.05, 0) is 43.5 Å². The third-order valence-electron chi connectivity index (χ3n) is 3.49. The van der Waals surface area contributed by atoms with Gasteiger partial charge in [-0.1, -0.05) is 34.5 Å². The lowest BCUT2D eigenvalue weighted by Gasteiger charge is -2.35. The highest BCUT2D eigenvalue weighted by atomic mass is 79.9. The molecular formula is C14H19BrClN. The molecule has 1 aromatic rings. The van der Waals surface area contributed by atoms with Crippen LogP contribution in [0.4, 0.5) is 0 Å². The van der Waals surface area contributed by atoms with E-state index in [9.17, 15) is 0 Å². The van der Waals surface area contributed by atoms with Crippen molar-refractivity contribution in [1.82, 2.24) is 4.90 Å². The Kier molecular flexibility index (Phi) is 5.33. The van der Waals surface area contributed by atoms with Crippen molar-refractivity contribution >= 4 is 27.5 Å². The van der Waals surface area contributed by atoms with Gasteiger partial charge in [-0.3, -0.25) is 4.90 Å². The molecule has 0 spiro atoms.